The van der Waals surface area contributed by atoms with Crippen LogP contribution in [0.4, 0.5) is 0 Å². The Kier molecular flexibility index (Phi) is 6.59. The predicted molar refractivity (Wildman–Crippen MR) is 102 cm³/mol. The van der Waals surface area contributed by atoms with Crippen LogP contribution in [0.3, 0.4) is 0 Å². The zero-order chi connectivity index (χ0) is 19.3. The van der Waals surface area contributed by atoms with E-state index in [1.165, 1.54) is 10.6 Å². The lowest BCUT2D eigenvalue weighted by atomic mass is 10.1. The van der Waals surface area contributed by atoms with Gasteiger partial charge in [-0.2, -0.15) is 4.31 Å². The van der Waals surface area contributed by atoms with Crippen LogP contribution in [-0.4, -0.2) is 44.3 Å². The number of nitrogens with zero attached hydrogens (tertiary/aromatic N) is 1. The minimum atomic E-state index is -3.33. The quantitative estimate of drug-likeness (QED) is 0.716. The Bertz CT molecular complexity index is 757. The maximum Gasteiger partial charge on any atom is 0.231 e. The molecule has 0 spiro atoms. The van der Waals surface area contributed by atoms with Crippen molar-refractivity contribution in [2.45, 2.75) is 57.5 Å². The summed E-state index contributed by atoms with van der Waals surface area (Å²) in [4.78, 5) is 12.2. The molecule has 8 heteroatoms. The number of hydrogen-bond donors (Lipinski definition) is 1. The highest BCUT2D eigenvalue weighted by atomic mass is 32.2. The van der Waals surface area contributed by atoms with E-state index in [0.29, 0.717) is 18.0 Å². The molecular formula is C19H28N2O5S. The minimum Gasteiger partial charge on any atom is -0.454 e. The van der Waals surface area contributed by atoms with Gasteiger partial charge in [-0.15, -0.1) is 0 Å². The molecule has 1 heterocycles. The molecule has 0 bridgehead atoms. The number of ether oxygens (including phenoxy) is 2. The largest absolute Gasteiger partial charge is 0.454 e. The van der Waals surface area contributed by atoms with Crippen molar-refractivity contribution in [1.29, 1.82) is 0 Å². The van der Waals surface area contributed by atoms with Gasteiger partial charge in [0.25, 0.3) is 0 Å². The maximum atomic E-state index is 12.2. The summed E-state index contributed by atoms with van der Waals surface area (Å²) in [6, 6.07) is 5.56. The van der Waals surface area contributed by atoms with Gasteiger partial charge in [0.05, 0.1) is 6.26 Å². The number of benzene rings is 1. The second-order valence-electron chi connectivity index (χ2n) is 7.23. The minimum absolute atomic E-state index is 0.0177. The lowest BCUT2D eigenvalue weighted by molar-refractivity contribution is -0.121. The molecular weight excluding hydrogens is 368 g/mol. The Balaban J connectivity index is 1.51. The van der Waals surface area contributed by atoms with Crippen LogP contribution in [0, 0.1) is 0 Å². The highest BCUT2D eigenvalue weighted by Crippen LogP contribution is 2.32. The molecule has 0 atom stereocenters. The van der Waals surface area contributed by atoms with E-state index in [1.54, 1.807) is 0 Å². The van der Waals surface area contributed by atoms with E-state index in [9.17, 15) is 13.2 Å². The first kappa shape index (κ1) is 19.9. The molecule has 0 saturated heterocycles. The lowest BCUT2D eigenvalue weighted by Gasteiger charge is -2.28. The van der Waals surface area contributed by atoms with E-state index in [4.69, 9.17) is 9.47 Å². The predicted octanol–water partition coefficient (Wildman–Crippen LogP) is 2.41. The molecule has 1 saturated carbocycles. The van der Waals surface area contributed by atoms with Crippen LogP contribution in [0.15, 0.2) is 18.2 Å². The first-order chi connectivity index (χ1) is 12.9. The zero-order valence-corrected chi connectivity index (χ0v) is 16.6. The van der Waals surface area contributed by atoms with Crippen molar-refractivity contribution in [3.05, 3.63) is 23.8 Å². The van der Waals surface area contributed by atoms with Crippen LogP contribution in [0.2, 0.25) is 0 Å². The van der Waals surface area contributed by atoms with E-state index in [-0.39, 0.29) is 31.7 Å². The van der Waals surface area contributed by atoms with Gasteiger partial charge in [-0.05, 0) is 30.5 Å². The molecule has 1 amide bonds. The Morgan fingerprint density at radius 1 is 1.15 bits per heavy atom. The molecule has 1 aromatic rings. The zero-order valence-electron chi connectivity index (χ0n) is 15.8. The van der Waals surface area contributed by atoms with Crippen LogP contribution in [0.25, 0.3) is 0 Å². The second kappa shape index (κ2) is 8.93. The fraction of sp³-hybridized carbons (Fsp3) is 0.632. The summed E-state index contributed by atoms with van der Waals surface area (Å²) >= 11 is 0. The van der Waals surface area contributed by atoms with Gasteiger partial charge in [-0.1, -0.05) is 31.7 Å². The summed E-state index contributed by atoms with van der Waals surface area (Å²) < 4.78 is 36.6. The van der Waals surface area contributed by atoms with Crippen molar-refractivity contribution >= 4 is 15.9 Å². The van der Waals surface area contributed by atoms with Gasteiger partial charge >= 0.3 is 0 Å². The molecule has 3 rings (SSSR count). The topological polar surface area (TPSA) is 84.9 Å². The molecule has 2 aliphatic rings. The summed E-state index contributed by atoms with van der Waals surface area (Å²) in [5.74, 6) is 1.23. The van der Waals surface area contributed by atoms with Crippen molar-refractivity contribution in [3.63, 3.8) is 0 Å². The summed E-state index contributed by atoms with van der Waals surface area (Å²) in [6.45, 7) is 0.821. The number of carbonyl (C=O) groups excluding carboxylic acids is 1. The Morgan fingerprint density at radius 3 is 2.56 bits per heavy atom. The van der Waals surface area contributed by atoms with Crippen molar-refractivity contribution in [1.82, 2.24) is 9.62 Å². The summed E-state index contributed by atoms with van der Waals surface area (Å²) in [5, 5.41) is 2.86. The van der Waals surface area contributed by atoms with Gasteiger partial charge in [0.2, 0.25) is 22.7 Å². The van der Waals surface area contributed by atoms with E-state index in [0.717, 1.165) is 44.1 Å². The van der Waals surface area contributed by atoms with E-state index in [1.807, 2.05) is 18.2 Å². The molecule has 1 aromatic carbocycles. The number of sulfonamides is 1. The molecule has 0 aromatic heterocycles. The highest BCUT2D eigenvalue weighted by molar-refractivity contribution is 7.88. The van der Waals surface area contributed by atoms with Crippen LogP contribution in [-0.2, 0) is 21.4 Å². The smallest absolute Gasteiger partial charge is 0.231 e. The average molecular weight is 397 g/mol. The second-order valence-corrected chi connectivity index (χ2v) is 9.17. The van der Waals surface area contributed by atoms with E-state index >= 15 is 0 Å². The molecule has 1 N–H and O–H groups in total. The molecule has 150 valence electrons. The summed E-state index contributed by atoms with van der Waals surface area (Å²) in [7, 11) is -3.33. The van der Waals surface area contributed by atoms with Crippen molar-refractivity contribution < 1.29 is 22.7 Å². The SMILES string of the molecule is CS(=O)(=O)N(CCC(=O)NCc1ccc2c(c1)OCO2)C1CCCCCC1. The van der Waals surface area contributed by atoms with E-state index in [2.05, 4.69) is 5.32 Å². The highest BCUT2D eigenvalue weighted by Gasteiger charge is 2.27. The van der Waals surface area contributed by atoms with Crippen LogP contribution in [0.1, 0.15) is 50.5 Å². The molecule has 0 unspecified atom stereocenters. The average Bonchev–Trinajstić information content (AvgIpc) is 2.93. The lowest BCUT2D eigenvalue weighted by Crippen LogP contribution is -2.41. The number of nitrogens with one attached hydrogen (secondary N) is 1. The van der Waals surface area contributed by atoms with Gasteiger partial charge in [-0.3, -0.25) is 4.79 Å². The van der Waals surface area contributed by atoms with Crippen LogP contribution < -0.4 is 14.8 Å². The van der Waals surface area contributed by atoms with E-state index < -0.39 is 10.0 Å². The van der Waals surface area contributed by atoms with Crippen molar-refractivity contribution in [2.75, 3.05) is 19.6 Å². The number of amides is 1. The van der Waals surface area contributed by atoms with Gasteiger partial charge < -0.3 is 14.8 Å². The normalized spacial score (nSPS) is 17.7. The molecule has 1 aliphatic heterocycles. The number of fused-ring (bicyclic) bond motifs is 1. The summed E-state index contributed by atoms with van der Waals surface area (Å²) in [6.07, 6.45) is 7.57. The third-order valence-electron chi connectivity index (χ3n) is 5.14. The molecule has 1 fully saturated rings. The number of carbonyl (C=O) groups is 1. The van der Waals surface area contributed by atoms with Gasteiger partial charge in [0.15, 0.2) is 11.5 Å². The van der Waals surface area contributed by atoms with Gasteiger partial charge in [0, 0.05) is 25.6 Å². The summed E-state index contributed by atoms with van der Waals surface area (Å²) in [5.41, 5.74) is 0.913. The third kappa shape index (κ3) is 5.59. The van der Waals surface area contributed by atoms with Crippen LogP contribution >= 0.6 is 0 Å². The standard InChI is InChI=1S/C19H28N2O5S/c1-27(23,24)21(16-6-4-2-3-5-7-16)11-10-19(22)20-13-15-8-9-17-18(12-15)26-14-25-17/h8-9,12,16H,2-7,10-11,13-14H2,1H3,(H,20,22). The number of rotatable bonds is 7. The first-order valence-electron chi connectivity index (χ1n) is 9.55. The molecule has 27 heavy (non-hydrogen) atoms. The number of hydrogen-bond acceptors (Lipinski definition) is 5. The fourth-order valence-corrected chi connectivity index (χ4v) is 4.89. The van der Waals surface area contributed by atoms with Crippen LogP contribution in [0.5, 0.6) is 11.5 Å². The molecule has 1 aliphatic carbocycles. The van der Waals surface area contributed by atoms with Gasteiger partial charge in [0.1, 0.15) is 0 Å². The third-order valence-corrected chi connectivity index (χ3v) is 6.48. The fourth-order valence-electron chi connectivity index (χ4n) is 3.72. The monoisotopic (exact) mass is 396 g/mol. The van der Waals surface area contributed by atoms with Crippen molar-refractivity contribution in [2.24, 2.45) is 0 Å². The Morgan fingerprint density at radius 2 is 1.85 bits per heavy atom. The first-order valence-corrected chi connectivity index (χ1v) is 11.4. The Hall–Kier alpha value is -1.80. The van der Waals surface area contributed by atoms with Crippen molar-refractivity contribution in [3.8, 4) is 11.5 Å². The maximum absolute atomic E-state index is 12.2. The molecule has 0 radical (unpaired) electrons. The Labute approximate surface area is 161 Å². The van der Waals surface area contributed by atoms with Gasteiger partial charge in [-0.25, -0.2) is 8.42 Å². The molecule has 7 nitrogen and oxygen atoms in total.